The van der Waals surface area contributed by atoms with Crippen molar-refractivity contribution < 1.29 is 17.9 Å². The molecule has 0 aliphatic rings. The topological polar surface area (TPSA) is 109 Å². The van der Waals surface area contributed by atoms with Gasteiger partial charge in [-0.05, 0) is 35.8 Å². The van der Waals surface area contributed by atoms with Crippen LogP contribution in [-0.2, 0) is 14.8 Å². The number of anilines is 1. The Balaban J connectivity index is 2.04. The van der Waals surface area contributed by atoms with Gasteiger partial charge in [0.25, 0.3) is 15.9 Å². The average Bonchev–Trinajstić information content (AvgIpc) is 3.16. The summed E-state index contributed by atoms with van der Waals surface area (Å²) in [4.78, 5) is 12.4. The van der Waals surface area contributed by atoms with E-state index in [0.29, 0.717) is 13.2 Å². The number of methoxy groups -OCH3 is 1. The fourth-order valence-electron chi connectivity index (χ4n) is 1.87. The lowest BCUT2D eigenvalue weighted by Crippen LogP contribution is -2.47. The van der Waals surface area contributed by atoms with Gasteiger partial charge in [-0.15, -0.1) is 11.3 Å². The molecule has 1 aromatic heterocycles. The van der Waals surface area contributed by atoms with E-state index in [4.69, 9.17) is 17.0 Å². The molecule has 0 radical (unpaired) electrons. The quantitative estimate of drug-likeness (QED) is 0.307. The predicted molar refractivity (Wildman–Crippen MR) is 105 cm³/mol. The van der Waals surface area contributed by atoms with Crippen molar-refractivity contribution >= 4 is 50.3 Å². The lowest BCUT2D eigenvalue weighted by atomic mass is 10.2. The maximum absolute atomic E-state index is 12.4. The molecule has 0 aliphatic carbocycles. The second-order valence-electron chi connectivity index (χ2n) is 4.91. The normalized spacial score (nSPS) is 10.8. The molecular weight excluding hydrogens is 396 g/mol. The zero-order valence-corrected chi connectivity index (χ0v) is 16.3. The lowest BCUT2D eigenvalue weighted by molar-refractivity contribution is 0.0944. The number of thiocarbonyl (C=S) groups is 1. The molecule has 2 rings (SSSR count). The number of thiophene rings is 1. The van der Waals surface area contributed by atoms with E-state index in [-0.39, 0.29) is 20.6 Å². The first-order valence-electron chi connectivity index (χ1n) is 7.42. The summed E-state index contributed by atoms with van der Waals surface area (Å²) < 4.78 is 32.2. The van der Waals surface area contributed by atoms with Crippen LogP contribution in [0, 0.1) is 0 Å². The zero-order chi connectivity index (χ0) is 19.0. The molecule has 0 fully saturated rings. The summed E-state index contributed by atoms with van der Waals surface area (Å²) in [6, 6.07) is 9.40. The van der Waals surface area contributed by atoms with Gasteiger partial charge in [-0.3, -0.25) is 20.4 Å². The third-order valence-electron chi connectivity index (χ3n) is 3.06. The maximum atomic E-state index is 12.4. The highest BCUT2D eigenvalue weighted by molar-refractivity contribution is 7.94. The van der Waals surface area contributed by atoms with Gasteiger partial charge in [-0.25, -0.2) is 8.42 Å². The number of nitrogens with one attached hydrogen (secondary N) is 4. The number of ether oxygens (including phenoxy) is 1. The van der Waals surface area contributed by atoms with Crippen molar-refractivity contribution in [1.82, 2.24) is 16.2 Å². The van der Waals surface area contributed by atoms with Crippen molar-refractivity contribution in [3.05, 3.63) is 47.3 Å². The van der Waals surface area contributed by atoms with E-state index in [1.165, 1.54) is 18.2 Å². The van der Waals surface area contributed by atoms with Crippen molar-refractivity contribution in [2.45, 2.75) is 4.21 Å². The Morgan fingerprint density at radius 2 is 1.96 bits per heavy atom. The van der Waals surface area contributed by atoms with Crippen LogP contribution in [0.4, 0.5) is 5.69 Å². The lowest BCUT2D eigenvalue weighted by Gasteiger charge is -2.14. The molecule has 0 bridgehead atoms. The van der Waals surface area contributed by atoms with E-state index >= 15 is 0 Å². The SMILES string of the molecule is COCCNC(=S)NNC(=O)c1ccccc1NS(=O)(=O)c1cccs1. The van der Waals surface area contributed by atoms with E-state index in [9.17, 15) is 13.2 Å². The third-order valence-corrected chi connectivity index (χ3v) is 6.07. The van der Waals surface area contributed by atoms with Crippen molar-refractivity contribution in [2.75, 3.05) is 25.0 Å². The summed E-state index contributed by atoms with van der Waals surface area (Å²) in [5, 5.41) is 4.71. The van der Waals surface area contributed by atoms with Crippen molar-refractivity contribution in [3.63, 3.8) is 0 Å². The molecule has 4 N–H and O–H groups in total. The number of carbonyl (C=O) groups is 1. The summed E-state index contributed by atoms with van der Waals surface area (Å²) in [5.74, 6) is -0.537. The van der Waals surface area contributed by atoms with Crippen LogP contribution in [0.1, 0.15) is 10.4 Å². The highest BCUT2D eigenvalue weighted by atomic mass is 32.2. The van der Waals surface area contributed by atoms with Gasteiger partial charge in [0.15, 0.2) is 5.11 Å². The first kappa shape index (κ1) is 20.1. The number of hydrogen-bond donors (Lipinski definition) is 4. The molecule has 0 saturated carbocycles. The number of carbonyl (C=O) groups excluding carboxylic acids is 1. The van der Waals surface area contributed by atoms with E-state index in [1.807, 2.05) is 0 Å². The number of sulfonamides is 1. The summed E-state index contributed by atoms with van der Waals surface area (Å²) in [6.07, 6.45) is 0. The Labute approximate surface area is 161 Å². The predicted octanol–water partition coefficient (Wildman–Crippen LogP) is 1.30. The number of hydrogen-bond acceptors (Lipinski definition) is 6. The minimum Gasteiger partial charge on any atom is -0.383 e. The Morgan fingerprint density at radius 1 is 1.19 bits per heavy atom. The molecule has 0 atom stereocenters. The van der Waals surface area contributed by atoms with Gasteiger partial charge >= 0.3 is 0 Å². The summed E-state index contributed by atoms with van der Waals surface area (Å²) in [5.41, 5.74) is 5.29. The van der Waals surface area contributed by atoms with Crippen LogP contribution in [0.2, 0.25) is 0 Å². The second-order valence-corrected chi connectivity index (χ2v) is 8.18. The molecule has 140 valence electrons. The molecule has 1 amide bonds. The molecule has 26 heavy (non-hydrogen) atoms. The van der Waals surface area contributed by atoms with Crippen LogP contribution in [0.25, 0.3) is 0 Å². The third kappa shape index (κ3) is 5.66. The van der Waals surface area contributed by atoms with Gasteiger partial charge in [0.05, 0.1) is 17.9 Å². The Kier molecular flexibility index (Phi) is 7.33. The number of hydrazine groups is 1. The van der Waals surface area contributed by atoms with Gasteiger partial charge in [-0.2, -0.15) is 0 Å². The first-order chi connectivity index (χ1) is 12.4. The van der Waals surface area contributed by atoms with E-state index in [0.717, 1.165) is 11.3 Å². The average molecular weight is 415 g/mol. The van der Waals surface area contributed by atoms with Crippen LogP contribution in [-0.4, -0.2) is 39.7 Å². The smallest absolute Gasteiger partial charge is 0.271 e. The molecule has 0 aliphatic heterocycles. The minimum absolute atomic E-state index is 0.153. The first-order valence-corrected chi connectivity index (χ1v) is 10.2. The fraction of sp³-hybridized carbons (Fsp3) is 0.200. The van der Waals surface area contributed by atoms with Crippen LogP contribution in [0.5, 0.6) is 0 Å². The molecule has 0 saturated heterocycles. The largest absolute Gasteiger partial charge is 0.383 e. The Bertz CT molecular complexity index is 854. The molecule has 1 aromatic carbocycles. The summed E-state index contributed by atoms with van der Waals surface area (Å²) >= 11 is 6.10. The number of rotatable bonds is 7. The maximum Gasteiger partial charge on any atom is 0.271 e. The van der Waals surface area contributed by atoms with Crippen LogP contribution in [0.3, 0.4) is 0 Å². The summed E-state index contributed by atoms with van der Waals surface area (Å²) in [7, 11) is -2.19. The van der Waals surface area contributed by atoms with Crippen LogP contribution >= 0.6 is 23.6 Å². The molecule has 0 unspecified atom stereocenters. The number of benzene rings is 1. The highest BCUT2D eigenvalue weighted by Gasteiger charge is 2.19. The van der Waals surface area contributed by atoms with Gasteiger partial charge in [0, 0.05) is 13.7 Å². The zero-order valence-electron chi connectivity index (χ0n) is 13.8. The van der Waals surface area contributed by atoms with Gasteiger partial charge in [0.2, 0.25) is 0 Å². The molecule has 0 spiro atoms. The fourth-order valence-corrected chi connectivity index (χ4v) is 4.10. The molecule has 8 nitrogen and oxygen atoms in total. The van der Waals surface area contributed by atoms with Crippen molar-refractivity contribution in [3.8, 4) is 0 Å². The Hall–Kier alpha value is -2.21. The van der Waals surface area contributed by atoms with Gasteiger partial charge < -0.3 is 10.1 Å². The van der Waals surface area contributed by atoms with E-state index in [2.05, 4.69) is 20.9 Å². The van der Waals surface area contributed by atoms with Crippen LogP contribution < -0.4 is 20.9 Å². The summed E-state index contributed by atoms with van der Waals surface area (Å²) in [6.45, 7) is 0.943. The number of para-hydroxylation sites is 1. The number of amides is 1. The van der Waals surface area contributed by atoms with Gasteiger partial charge in [-0.1, -0.05) is 18.2 Å². The monoisotopic (exact) mass is 414 g/mol. The van der Waals surface area contributed by atoms with Crippen LogP contribution in [0.15, 0.2) is 46.0 Å². The second kappa shape index (κ2) is 9.48. The van der Waals surface area contributed by atoms with E-state index < -0.39 is 15.9 Å². The molecule has 1 heterocycles. The standard InChI is InChI=1S/C15H18N4O4S3/c1-23-9-8-16-15(24)18-17-14(20)11-5-2-3-6-12(11)19-26(21,22)13-7-4-10-25-13/h2-7,10,19H,8-9H2,1H3,(H,17,20)(H2,16,18,24). The molecular formula is C15H18N4O4S3. The van der Waals surface area contributed by atoms with Crippen molar-refractivity contribution in [1.29, 1.82) is 0 Å². The minimum atomic E-state index is -3.76. The highest BCUT2D eigenvalue weighted by Crippen LogP contribution is 2.22. The van der Waals surface area contributed by atoms with Gasteiger partial charge in [0.1, 0.15) is 4.21 Å². The molecule has 11 heteroatoms. The molecule has 2 aromatic rings. The van der Waals surface area contributed by atoms with E-state index in [1.54, 1.807) is 30.7 Å². The van der Waals surface area contributed by atoms with Crippen molar-refractivity contribution in [2.24, 2.45) is 0 Å². The Morgan fingerprint density at radius 3 is 2.65 bits per heavy atom.